The largest absolute Gasteiger partial charge is 0.481 e. The van der Waals surface area contributed by atoms with Gasteiger partial charge in [0.1, 0.15) is 0 Å². The second-order valence-electron chi connectivity index (χ2n) is 4.71. The van der Waals surface area contributed by atoms with E-state index in [4.69, 9.17) is 0 Å². The first kappa shape index (κ1) is 13.4. The lowest BCUT2D eigenvalue weighted by Crippen LogP contribution is -2.38. The van der Waals surface area contributed by atoms with E-state index in [0.29, 0.717) is 0 Å². The number of carbonyl (C=O) groups is 1. The van der Waals surface area contributed by atoms with Gasteiger partial charge in [-0.2, -0.15) is 0 Å². The van der Waals surface area contributed by atoms with Gasteiger partial charge in [-0.1, -0.05) is 32.0 Å². The van der Waals surface area contributed by atoms with Gasteiger partial charge < -0.3 is 18.3 Å². The Morgan fingerprint density at radius 3 is 2.38 bits per heavy atom. The highest BCUT2D eigenvalue weighted by Gasteiger charge is 2.32. The monoisotopic (exact) mass is 236 g/mol. The molecule has 6 heteroatoms. The highest BCUT2D eigenvalue weighted by atomic mass is 19.4. The van der Waals surface area contributed by atoms with E-state index in [1.54, 1.807) is 0 Å². The Hall–Kier alpha value is -0.675. The highest BCUT2D eigenvalue weighted by Crippen LogP contribution is 2.28. The minimum absolute atomic E-state index is 0.0918. The van der Waals surface area contributed by atoms with Crippen molar-refractivity contribution in [1.29, 1.82) is 0 Å². The Kier molecular flexibility index (Phi) is 4.68. The molecular formula is C10H18BF3NO-. The summed E-state index contributed by atoms with van der Waals surface area (Å²) in [6.45, 7) is -3.82. The van der Waals surface area contributed by atoms with Crippen LogP contribution in [0, 0.1) is 0 Å². The minimum Gasteiger partial charge on any atom is -0.449 e. The van der Waals surface area contributed by atoms with E-state index in [9.17, 15) is 17.7 Å². The van der Waals surface area contributed by atoms with Crippen LogP contribution in [0.15, 0.2) is 0 Å². The highest BCUT2D eigenvalue weighted by molar-refractivity contribution is 6.60. The van der Waals surface area contributed by atoms with Gasteiger partial charge in [-0.15, -0.1) is 0 Å². The number of rotatable bonds is 4. The SMILES string of the molecule is C[C@H](CC(=O)NC1CCCCC1)[B-](F)(F)F. The molecule has 0 spiro atoms. The van der Waals surface area contributed by atoms with Crippen molar-refractivity contribution in [3.8, 4) is 0 Å². The summed E-state index contributed by atoms with van der Waals surface area (Å²) in [5.74, 6) is -1.96. The van der Waals surface area contributed by atoms with E-state index < -0.39 is 25.1 Å². The van der Waals surface area contributed by atoms with Gasteiger partial charge in [-0.3, -0.25) is 4.79 Å². The van der Waals surface area contributed by atoms with Crippen LogP contribution in [0.2, 0.25) is 5.82 Å². The van der Waals surface area contributed by atoms with Gasteiger partial charge in [0.15, 0.2) is 0 Å². The first-order chi connectivity index (χ1) is 7.39. The van der Waals surface area contributed by atoms with Gasteiger partial charge in [-0.25, -0.2) is 0 Å². The lowest BCUT2D eigenvalue weighted by molar-refractivity contribution is -0.122. The molecule has 94 valence electrons. The molecule has 1 atom stereocenters. The summed E-state index contributed by atoms with van der Waals surface area (Å²) in [6, 6.07) is 0.0918. The zero-order valence-corrected chi connectivity index (χ0v) is 9.52. The molecule has 0 aromatic rings. The Balaban J connectivity index is 2.29. The quantitative estimate of drug-likeness (QED) is 0.746. The van der Waals surface area contributed by atoms with Gasteiger partial charge in [0.25, 0.3) is 0 Å². The second-order valence-corrected chi connectivity index (χ2v) is 4.71. The predicted molar refractivity (Wildman–Crippen MR) is 58.1 cm³/mol. The van der Waals surface area contributed by atoms with Gasteiger partial charge in [0.05, 0.1) is 0 Å². The van der Waals surface area contributed by atoms with Crippen molar-refractivity contribution < 1.29 is 17.7 Å². The van der Waals surface area contributed by atoms with E-state index in [2.05, 4.69) is 5.32 Å². The van der Waals surface area contributed by atoms with Crippen molar-refractivity contribution in [2.24, 2.45) is 0 Å². The summed E-state index contributed by atoms with van der Waals surface area (Å²) in [5, 5.41) is 2.69. The molecule has 1 aliphatic rings. The van der Waals surface area contributed by atoms with Gasteiger partial charge in [0.2, 0.25) is 5.91 Å². The number of hydrogen-bond acceptors (Lipinski definition) is 1. The molecule has 0 radical (unpaired) electrons. The maximum absolute atomic E-state index is 12.3. The molecular weight excluding hydrogens is 218 g/mol. The summed E-state index contributed by atoms with van der Waals surface area (Å²) < 4.78 is 36.8. The molecule has 1 N–H and O–H groups in total. The number of nitrogens with one attached hydrogen (secondary N) is 1. The summed E-state index contributed by atoms with van der Waals surface area (Å²) in [7, 11) is 0. The molecule has 0 aliphatic heterocycles. The van der Waals surface area contributed by atoms with Crippen molar-refractivity contribution in [2.75, 3.05) is 0 Å². The van der Waals surface area contributed by atoms with E-state index in [1.165, 1.54) is 0 Å². The van der Waals surface area contributed by atoms with Crippen LogP contribution in [0.4, 0.5) is 12.9 Å². The average Bonchev–Trinajstić information content (AvgIpc) is 2.17. The first-order valence-electron chi connectivity index (χ1n) is 5.89. The van der Waals surface area contributed by atoms with E-state index in [-0.39, 0.29) is 6.04 Å². The van der Waals surface area contributed by atoms with Crippen LogP contribution in [-0.4, -0.2) is 18.9 Å². The maximum atomic E-state index is 12.3. The normalized spacial score (nSPS) is 20.5. The number of amides is 1. The molecule has 0 bridgehead atoms. The number of carbonyl (C=O) groups excluding carboxylic acids is 1. The second kappa shape index (κ2) is 5.59. The molecule has 0 aromatic heterocycles. The third-order valence-corrected chi connectivity index (χ3v) is 3.12. The molecule has 1 saturated carbocycles. The summed E-state index contributed by atoms with van der Waals surface area (Å²) >= 11 is 0. The first-order valence-corrected chi connectivity index (χ1v) is 5.89. The van der Waals surface area contributed by atoms with Crippen LogP contribution in [0.25, 0.3) is 0 Å². The molecule has 1 rings (SSSR count). The van der Waals surface area contributed by atoms with E-state index in [1.807, 2.05) is 0 Å². The standard InChI is InChI=1S/C10H18BF3NO/c1-8(11(12,13)14)7-10(16)15-9-5-3-2-4-6-9/h8-9H,2-7H2,1H3,(H,15,16)/q-1/t8-/m1/s1. The van der Waals surface area contributed by atoms with Crippen LogP contribution in [-0.2, 0) is 4.79 Å². The Labute approximate surface area is 94.0 Å². The van der Waals surface area contributed by atoms with E-state index in [0.717, 1.165) is 39.0 Å². The Morgan fingerprint density at radius 1 is 1.31 bits per heavy atom. The smallest absolute Gasteiger partial charge is 0.449 e. The molecule has 2 nitrogen and oxygen atoms in total. The predicted octanol–water partition coefficient (Wildman–Crippen LogP) is 3.06. The van der Waals surface area contributed by atoms with Gasteiger partial charge >= 0.3 is 6.98 Å². The van der Waals surface area contributed by atoms with Crippen molar-refractivity contribution >= 4 is 12.9 Å². The van der Waals surface area contributed by atoms with Crippen molar-refractivity contribution in [1.82, 2.24) is 5.32 Å². The molecule has 0 aromatic carbocycles. The van der Waals surface area contributed by atoms with Crippen LogP contribution < -0.4 is 5.32 Å². The molecule has 1 aliphatic carbocycles. The average molecular weight is 236 g/mol. The zero-order valence-electron chi connectivity index (χ0n) is 9.52. The van der Waals surface area contributed by atoms with E-state index >= 15 is 0 Å². The molecule has 0 saturated heterocycles. The Bertz CT molecular complexity index is 239. The lowest BCUT2D eigenvalue weighted by atomic mass is 9.72. The molecule has 0 unspecified atom stereocenters. The molecule has 0 heterocycles. The number of halogens is 3. The third-order valence-electron chi connectivity index (χ3n) is 3.12. The minimum atomic E-state index is -4.89. The molecule has 16 heavy (non-hydrogen) atoms. The Morgan fingerprint density at radius 2 is 1.88 bits per heavy atom. The fourth-order valence-electron chi connectivity index (χ4n) is 1.96. The zero-order chi connectivity index (χ0) is 12.2. The fourth-order valence-corrected chi connectivity index (χ4v) is 1.96. The van der Waals surface area contributed by atoms with Crippen LogP contribution in [0.3, 0.4) is 0 Å². The van der Waals surface area contributed by atoms with Crippen molar-refractivity contribution in [3.05, 3.63) is 0 Å². The fraction of sp³-hybridized carbons (Fsp3) is 0.900. The van der Waals surface area contributed by atoms with Crippen molar-refractivity contribution in [2.45, 2.75) is 57.3 Å². The third kappa shape index (κ3) is 4.45. The van der Waals surface area contributed by atoms with Gasteiger partial charge in [-0.05, 0) is 12.8 Å². The summed E-state index contributed by atoms with van der Waals surface area (Å²) in [5.41, 5.74) is 0. The summed E-state index contributed by atoms with van der Waals surface area (Å²) in [6.07, 6.45) is 4.65. The van der Waals surface area contributed by atoms with Crippen LogP contribution >= 0.6 is 0 Å². The molecule has 1 fully saturated rings. The molecule has 1 amide bonds. The number of hydrogen-bond donors (Lipinski definition) is 1. The lowest BCUT2D eigenvalue weighted by Gasteiger charge is -2.26. The van der Waals surface area contributed by atoms with Crippen molar-refractivity contribution in [3.63, 3.8) is 0 Å². The van der Waals surface area contributed by atoms with Gasteiger partial charge in [0, 0.05) is 12.5 Å². The van der Waals surface area contributed by atoms with Crippen LogP contribution in [0.5, 0.6) is 0 Å². The maximum Gasteiger partial charge on any atom is 0.481 e. The van der Waals surface area contributed by atoms with Crippen LogP contribution in [0.1, 0.15) is 45.4 Å². The topological polar surface area (TPSA) is 29.1 Å². The summed E-state index contributed by atoms with van der Waals surface area (Å²) in [4.78, 5) is 11.4.